The quantitative estimate of drug-likeness (QED) is 0.781. The number of rotatable bonds is 2. The zero-order valence-electron chi connectivity index (χ0n) is 10.0. The second-order valence-electron chi connectivity index (χ2n) is 4.08. The van der Waals surface area contributed by atoms with Crippen LogP contribution in [0.25, 0.3) is 16.4 Å². The minimum atomic E-state index is -0.301. The smallest absolute Gasteiger partial charge is 0.216 e. The monoisotopic (exact) mass is 275 g/mol. The van der Waals surface area contributed by atoms with Gasteiger partial charge in [-0.05, 0) is 19.1 Å². The molecule has 0 saturated heterocycles. The highest BCUT2D eigenvalue weighted by Crippen LogP contribution is 2.26. The average molecular weight is 275 g/mol. The first-order valence-corrected chi connectivity index (χ1v) is 6.49. The van der Waals surface area contributed by atoms with E-state index in [1.54, 1.807) is 30.5 Å². The van der Waals surface area contributed by atoms with E-state index in [0.29, 0.717) is 22.1 Å². The fourth-order valence-corrected chi connectivity index (χ4v) is 2.56. The van der Waals surface area contributed by atoms with Crippen LogP contribution in [-0.2, 0) is 0 Å². The summed E-state index contributed by atoms with van der Waals surface area (Å²) in [6, 6.07) is 7.80. The van der Waals surface area contributed by atoms with Gasteiger partial charge in [-0.1, -0.05) is 12.1 Å². The van der Waals surface area contributed by atoms with Gasteiger partial charge in [0, 0.05) is 17.0 Å². The van der Waals surface area contributed by atoms with Crippen LogP contribution in [0.5, 0.6) is 5.88 Å². The van der Waals surface area contributed by atoms with Crippen molar-refractivity contribution in [3.8, 4) is 22.3 Å². The van der Waals surface area contributed by atoms with Gasteiger partial charge in [-0.2, -0.15) is 9.78 Å². The van der Waals surface area contributed by atoms with E-state index in [2.05, 4.69) is 10.1 Å². The molecule has 0 spiro atoms. The van der Waals surface area contributed by atoms with Crippen LogP contribution in [0.2, 0.25) is 0 Å². The number of thiazole rings is 1. The molecular formula is C13H10FN3OS. The molecule has 0 aliphatic rings. The number of benzene rings is 1. The van der Waals surface area contributed by atoms with Gasteiger partial charge >= 0.3 is 0 Å². The molecule has 0 fully saturated rings. The average Bonchev–Trinajstić information content (AvgIpc) is 2.96. The maximum Gasteiger partial charge on any atom is 0.216 e. The first-order chi connectivity index (χ1) is 9.13. The van der Waals surface area contributed by atoms with Gasteiger partial charge in [0.05, 0.1) is 11.4 Å². The maximum absolute atomic E-state index is 13.2. The van der Waals surface area contributed by atoms with Crippen LogP contribution in [0, 0.1) is 12.7 Å². The topological polar surface area (TPSA) is 50.9 Å². The molecule has 0 radical (unpaired) electrons. The van der Waals surface area contributed by atoms with E-state index in [4.69, 9.17) is 0 Å². The van der Waals surface area contributed by atoms with Gasteiger partial charge in [-0.25, -0.2) is 9.37 Å². The van der Waals surface area contributed by atoms with Crippen LogP contribution >= 0.6 is 11.3 Å². The Hall–Kier alpha value is -2.21. The summed E-state index contributed by atoms with van der Waals surface area (Å²) in [6.45, 7) is 1.79. The summed E-state index contributed by atoms with van der Waals surface area (Å²) >= 11 is 1.34. The molecule has 0 unspecified atom stereocenters. The number of halogens is 1. The van der Waals surface area contributed by atoms with Crippen molar-refractivity contribution in [3.63, 3.8) is 0 Å². The second-order valence-corrected chi connectivity index (χ2v) is 4.92. The highest BCUT2D eigenvalue weighted by atomic mass is 32.1. The summed E-state index contributed by atoms with van der Waals surface area (Å²) in [5.41, 5.74) is 2.07. The third-order valence-corrected chi connectivity index (χ3v) is 3.42. The van der Waals surface area contributed by atoms with Crippen molar-refractivity contribution in [2.45, 2.75) is 6.92 Å². The van der Waals surface area contributed by atoms with Crippen LogP contribution in [0.1, 0.15) is 5.69 Å². The molecule has 6 heteroatoms. The molecule has 0 saturated carbocycles. The lowest BCUT2D eigenvalue weighted by molar-refractivity contribution is 0.433. The van der Waals surface area contributed by atoms with Gasteiger partial charge in [0.25, 0.3) is 0 Å². The van der Waals surface area contributed by atoms with Gasteiger partial charge in [0.15, 0.2) is 0 Å². The van der Waals surface area contributed by atoms with Gasteiger partial charge in [0.2, 0.25) is 11.0 Å². The maximum atomic E-state index is 13.2. The number of aromatic nitrogens is 3. The van der Waals surface area contributed by atoms with E-state index < -0.39 is 0 Å². The first-order valence-electron chi connectivity index (χ1n) is 5.61. The molecule has 2 aromatic heterocycles. The molecule has 1 aromatic carbocycles. The number of aryl methyl sites for hydroxylation is 1. The van der Waals surface area contributed by atoms with E-state index in [1.165, 1.54) is 28.2 Å². The molecule has 96 valence electrons. The lowest BCUT2D eigenvalue weighted by Gasteiger charge is -1.97. The highest BCUT2D eigenvalue weighted by molar-refractivity contribution is 7.12. The Bertz CT molecular complexity index is 735. The molecule has 2 heterocycles. The fourth-order valence-electron chi connectivity index (χ4n) is 1.77. The summed E-state index contributed by atoms with van der Waals surface area (Å²) in [4.78, 5) is 4.36. The summed E-state index contributed by atoms with van der Waals surface area (Å²) in [5.74, 6) is -0.262. The molecule has 3 rings (SSSR count). The summed E-state index contributed by atoms with van der Waals surface area (Å²) in [6.07, 6.45) is 0. The third-order valence-electron chi connectivity index (χ3n) is 2.61. The molecule has 3 aromatic rings. The van der Waals surface area contributed by atoms with E-state index in [9.17, 15) is 9.50 Å². The first kappa shape index (κ1) is 11.9. The zero-order chi connectivity index (χ0) is 13.4. The molecule has 1 N–H and O–H groups in total. The standard InChI is InChI=1S/C13H10FN3OS/c1-8-5-12(18)17(16-8)13-15-11(7-19-13)9-3-2-4-10(14)6-9/h2-7,18H,1H3. The van der Waals surface area contributed by atoms with Crippen molar-refractivity contribution in [3.05, 3.63) is 47.2 Å². The predicted octanol–water partition coefficient (Wildman–Crippen LogP) is 3.15. The van der Waals surface area contributed by atoms with E-state index in [0.717, 1.165) is 0 Å². The van der Waals surface area contributed by atoms with Crippen LogP contribution in [0.3, 0.4) is 0 Å². The van der Waals surface area contributed by atoms with Crippen molar-refractivity contribution in [1.29, 1.82) is 0 Å². The molecular weight excluding hydrogens is 265 g/mol. The molecule has 19 heavy (non-hydrogen) atoms. The SMILES string of the molecule is Cc1cc(O)n(-c2nc(-c3cccc(F)c3)cs2)n1. The van der Waals surface area contributed by atoms with Gasteiger partial charge in [-0.15, -0.1) is 11.3 Å². The van der Waals surface area contributed by atoms with Crippen LogP contribution in [-0.4, -0.2) is 19.9 Å². The lowest BCUT2D eigenvalue weighted by Crippen LogP contribution is -1.95. The summed E-state index contributed by atoms with van der Waals surface area (Å²) in [5, 5.41) is 16.2. The minimum Gasteiger partial charge on any atom is -0.493 e. The number of hydrogen-bond acceptors (Lipinski definition) is 4. The fraction of sp³-hybridized carbons (Fsp3) is 0.0769. The molecule has 0 amide bonds. The van der Waals surface area contributed by atoms with E-state index >= 15 is 0 Å². The molecule has 0 bridgehead atoms. The Balaban J connectivity index is 2.02. The van der Waals surface area contributed by atoms with Crippen molar-refractivity contribution >= 4 is 11.3 Å². The second kappa shape index (κ2) is 4.47. The minimum absolute atomic E-state index is 0.0395. The van der Waals surface area contributed by atoms with Crippen molar-refractivity contribution in [2.75, 3.05) is 0 Å². The van der Waals surface area contributed by atoms with Crippen molar-refractivity contribution in [2.24, 2.45) is 0 Å². The molecule has 0 aliphatic heterocycles. The van der Waals surface area contributed by atoms with E-state index in [-0.39, 0.29) is 11.7 Å². The third kappa shape index (κ3) is 2.22. The Labute approximate surface area is 112 Å². The van der Waals surface area contributed by atoms with E-state index in [1.807, 2.05) is 0 Å². The Morgan fingerprint density at radius 2 is 2.16 bits per heavy atom. The largest absolute Gasteiger partial charge is 0.493 e. The highest BCUT2D eigenvalue weighted by Gasteiger charge is 2.11. The number of aromatic hydroxyl groups is 1. The van der Waals surface area contributed by atoms with Crippen molar-refractivity contribution < 1.29 is 9.50 Å². The van der Waals surface area contributed by atoms with Gasteiger partial charge in [0.1, 0.15) is 5.82 Å². The Morgan fingerprint density at radius 3 is 2.84 bits per heavy atom. The predicted molar refractivity (Wildman–Crippen MR) is 71.0 cm³/mol. The van der Waals surface area contributed by atoms with Crippen molar-refractivity contribution in [1.82, 2.24) is 14.8 Å². The lowest BCUT2D eigenvalue weighted by atomic mass is 10.2. The Morgan fingerprint density at radius 1 is 1.32 bits per heavy atom. The number of nitrogens with zero attached hydrogens (tertiary/aromatic N) is 3. The normalized spacial score (nSPS) is 10.8. The molecule has 0 aliphatic carbocycles. The van der Waals surface area contributed by atoms with Crippen LogP contribution < -0.4 is 0 Å². The van der Waals surface area contributed by atoms with Gasteiger partial charge in [-0.3, -0.25) is 0 Å². The summed E-state index contributed by atoms with van der Waals surface area (Å²) in [7, 11) is 0. The summed E-state index contributed by atoms with van der Waals surface area (Å²) < 4.78 is 14.5. The molecule has 0 atom stereocenters. The van der Waals surface area contributed by atoms with Crippen LogP contribution in [0.15, 0.2) is 35.7 Å². The molecule has 4 nitrogen and oxygen atoms in total. The Kier molecular flexibility index (Phi) is 2.79. The van der Waals surface area contributed by atoms with Crippen LogP contribution in [0.4, 0.5) is 4.39 Å². The van der Waals surface area contributed by atoms with Gasteiger partial charge < -0.3 is 5.11 Å². The number of hydrogen-bond donors (Lipinski definition) is 1. The zero-order valence-corrected chi connectivity index (χ0v) is 10.9.